The first-order chi connectivity index (χ1) is 13.0. The van der Waals surface area contributed by atoms with Crippen LogP contribution in [0.2, 0.25) is 0 Å². The van der Waals surface area contributed by atoms with E-state index in [-0.39, 0.29) is 12.8 Å². The predicted octanol–water partition coefficient (Wildman–Crippen LogP) is 2.82. The second kappa shape index (κ2) is 8.40. The Balaban J connectivity index is 1.72. The molecule has 1 aromatic heterocycles. The molecule has 5 nitrogen and oxygen atoms in total. The van der Waals surface area contributed by atoms with E-state index in [4.69, 9.17) is 4.74 Å². The highest BCUT2D eigenvalue weighted by Gasteiger charge is 2.22. The number of pyridine rings is 1. The molecule has 0 bridgehead atoms. The van der Waals surface area contributed by atoms with Gasteiger partial charge in [-0.15, -0.1) is 0 Å². The first-order valence-corrected chi connectivity index (χ1v) is 8.51. The smallest absolute Gasteiger partial charge is 0.328 e. The molecule has 0 saturated heterocycles. The van der Waals surface area contributed by atoms with Gasteiger partial charge in [0.15, 0.2) is 0 Å². The van der Waals surface area contributed by atoms with Crippen LogP contribution in [0, 0.1) is 5.82 Å². The van der Waals surface area contributed by atoms with Crippen molar-refractivity contribution >= 4 is 22.8 Å². The molecule has 0 saturated carbocycles. The molecule has 1 heterocycles. The molecule has 0 radical (unpaired) electrons. The van der Waals surface area contributed by atoms with Crippen molar-refractivity contribution in [3.05, 3.63) is 77.7 Å². The molecule has 0 aliphatic rings. The quantitative estimate of drug-likeness (QED) is 0.681. The standard InChI is InChI=1S/C21H19FN2O3/c1-27-21(26)19(24-20(25)12-14-5-4-7-16(22)11-14)13-17-10-9-15-6-2-3-8-18(15)23-17/h2-11,19H,12-13H2,1H3,(H,24,25)/t19-/m1/s1. The number of hydrogen-bond donors (Lipinski definition) is 1. The van der Waals surface area contributed by atoms with E-state index < -0.39 is 23.7 Å². The Morgan fingerprint density at radius 2 is 1.93 bits per heavy atom. The van der Waals surface area contributed by atoms with Crippen LogP contribution < -0.4 is 5.32 Å². The van der Waals surface area contributed by atoms with Crippen LogP contribution in [0.4, 0.5) is 4.39 Å². The number of carbonyl (C=O) groups is 2. The Hall–Kier alpha value is -3.28. The van der Waals surface area contributed by atoms with E-state index in [1.54, 1.807) is 6.07 Å². The number of halogens is 1. The number of benzene rings is 2. The molecule has 3 aromatic rings. The van der Waals surface area contributed by atoms with Gasteiger partial charge in [0.1, 0.15) is 11.9 Å². The van der Waals surface area contributed by atoms with Gasteiger partial charge in [0, 0.05) is 17.5 Å². The topological polar surface area (TPSA) is 68.3 Å². The number of rotatable bonds is 6. The van der Waals surface area contributed by atoms with Crippen molar-refractivity contribution in [2.45, 2.75) is 18.9 Å². The molecule has 0 unspecified atom stereocenters. The zero-order chi connectivity index (χ0) is 19.2. The molecule has 0 aliphatic carbocycles. The van der Waals surface area contributed by atoms with Gasteiger partial charge in [-0.3, -0.25) is 9.78 Å². The number of nitrogens with one attached hydrogen (secondary N) is 1. The van der Waals surface area contributed by atoms with Crippen molar-refractivity contribution in [3.8, 4) is 0 Å². The molecule has 0 fully saturated rings. The van der Waals surface area contributed by atoms with Gasteiger partial charge < -0.3 is 10.1 Å². The van der Waals surface area contributed by atoms with E-state index in [0.717, 1.165) is 10.9 Å². The maximum atomic E-state index is 13.3. The Bertz CT molecular complexity index is 974. The minimum absolute atomic E-state index is 0.0313. The van der Waals surface area contributed by atoms with Gasteiger partial charge >= 0.3 is 5.97 Å². The van der Waals surface area contributed by atoms with Gasteiger partial charge in [-0.2, -0.15) is 0 Å². The second-order valence-corrected chi connectivity index (χ2v) is 6.15. The number of nitrogens with zero attached hydrogens (tertiary/aromatic N) is 1. The molecule has 1 N–H and O–H groups in total. The van der Waals surface area contributed by atoms with Gasteiger partial charge in [0.2, 0.25) is 5.91 Å². The zero-order valence-corrected chi connectivity index (χ0v) is 14.8. The van der Waals surface area contributed by atoms with E-state index in [2.05, 4.69) is 10.3 Å². The lowest BCUT2D eigenvalue weighted by atomic mass is 10.1. The van der Waals surface area contributed by atoms with Gasteiger partial charge in [-0.05, 0) is 29.8 Å². The lowest BCUT2D eigenvalue weighted by Crippen LogP contribution is -2.43. The molecule has 0 spiro atoms. The molecule has 1 atom stereocenters. The molecular formula is C21H19FN2O3. The van der Waals surface area contributed by atoms with Crippen LogP contribution in [0.5, 0.6) is 0 Å². The summed E-state index contributed by atoms with van der Waals surface area (Å²) in [6.45, 7) is 0. The van der Waals surface area contributed by atoms with E-state index in [1.807, 2.05) is 36.4 Å². The highest BCUT2D eigenvalue weighted by molar-refractivity contribution is 5.86. The molecule has 0 aliphatic heterocycles. The monoisotopic (exact) mass is 366 g/mol. The highest BCUT2D eigenvalue weighted by Crippen LogP contribution is 2.13. The number of fused-ring (bicyclic) bond motifs is 1. The molecule has 1 amide bonds. The molecular weight excluding hydrogens is 347 g/mol. The van der Waals surface area contributed by atoms with Crippen molar-refractivity contribution in [1.29, 1.82) is 0 Å². The van der Waals surface area contributed by atoms with E-state index in [1.165, 1.54) is 25.3 Å². The largest absolute Gasteiger partial charge is 0.467 e. The van der Waals surface area contributed by atoms with E-state index >= 15 is 0 Å². The summed E-state index contributed by atoms with van der Waals surface area (Å²) in [6.07, 6.45) is 0.169. The average Bonchev–Trinajstić information content (AvgIpc) is 2.66. The summed E-state index contributed by atoms with van der Waals surface area (Å²) >= 11 is 0. The molecule has 3 rings (SSSR count). The third-order valence-electron chi connectivity index (χ3n) is 4.14. The van der Waals surface area contributed by atoms with Gasteiger partial charge in [-0.25, -0.2) is 9.18 Å². The van der Waals surface area contributed by atoms with Crippen molar-refractivity contribution in [1.82, 2.24) is 10.3 Å². The van der Waals surface area contributed by atoms with Crippen LogP contribution >= 0.6 is 0 Å². The summed E-state index contributed by atoms with van der Waals surface area (Å²) < 4.78 is 18.1. The molecule has 27 heavy (non-hydrogen) atoms. The molecule has 2 aromatic carbocycles. The fraction of sp³-hybridized carbons (Fsp3) is 0.190. The highest BCUT2D eigenvalue weighted by atomic mass is 19.1. The summed E-state index contributed by atoms with van der Waals surface area (Å²) in [7, 11) is 1.27. The van der Waals surface area contributed by atoms with Crippen molar-refractivity contribution < 1.29 is 18.7 Å². The van der Waals surface area contributed by atoms with Crippen molar-refractivity contribution in [2.75, 3.05) is 7.11 Å². The number of para-hydroxylation sites is 1. The fourth-order valence-corrected chi connectivity index (χ4v) is 2.84. The Morgan fingerprint density at radius 1 is 1.11 bits per heavy atom. The number of aromatic nitrogens is 1. The second-order valence-electron chi connectivity index (χ2n) is 6.15. The number of ether oxygens (including phenoxy) is 1. The normalized spacial score (nSPS) is 11.8. The molecule has 138 valence electrons. The number of amides is 1. The first kappa shape index (κ1) is 18.5. The van der Waals surface area contributed by atoms with Crippen molar-refractivity contribution in [3.63, 3.8) is 0 Å². The minimum Gasteiger partial charge on any atom is -0.467 e. The van der Waals surface area contributed by atoms with Crippen LogP contribution in [0.25, 0.3) is 10.9 Å². The Kier molecular flexibility index (Phi) is 5.76. The van der Waals surface area contributed by atoms with Gasteiger partial charge in [0.05, 0.1) is 19.0 Å². The Morgan fingerprint density at radius 3 is 2.70 bits per heavy atom. The van der Waals surface area contributed by atoms with Crippen LogP contribution in [0.3, 0.4) is 0 Å². The fourth-order valence-electron chi connectivity index (χ4n) is 2.84. The SMILES string of the molecule is COC(=O)[C@@H](Cc1ccc2ccccc2n1)NC(=O)Cc1cccc(F)c1. The maximum absolute atomic E-state index is 13.3. The summed E-state index contributed by atoms with van der Waals surface area (Å²) in [5.41, 5.74) is 2.00. The van der Waals surface area contributed by atoms with Crippen LogP contribution in [0.15, 0.2) is 60.7 Å². The number of carbonyl (C=O) groups excluding carboxylic acids is 2. The van der Waals surface area contributed by atoms with E-state index in [0.29, 0.717) is 11.3 Å². The predicted molar refractivity (Wildman–Crippen MR) is 99.5 cm³/mol. The summed E-state index contributed by atoms with van der Waals surface area (Å²) in [4.78, 5) is 28.9. The van der Waals surface area contributed by atoms with Crippen LogP contribution in [-0.2, 0) is 27.2 Å². The lowest BCUT2D eigenvalue weighted by molar-refractivity contribution is -0.145. The summed E-state index contributed by atoms with van der Waals surface area (Å²) in [5.74, 6) is -1.36. The Labute approximate surface area is 156 Å². The zero-order valence-electron chi connectivity index (χ0n) is 14.8. The summed E-state index contributed by atoms with van der Waals surface area (Å²) in [5, 5.41) is 3.65. The average molecular weight is 366 g/mol. The van der Waals surface area contributed by atoms with Crippen molar-refractivity contribution in [2.24, 2.45) is 0 Å². The third kappa shape index (κ3) is 4.88. The molecule has 6 heteroatoms. The lowest BCUT2D eigenvalue weighted by Gasteiger charge is -2.16. The third-order valence-corrected chi connectivity index (χ3v) is 4.14. The number of esters is 1. The summed E-state index contributed by atoms with van der Waals surface area (Å²) in [6, 6.07) is 16.3. The van der Waals surface area contributed by atoms with Crippen LogP contribution in [0.1, 0.15) is 11.3 Å². The van der Waals surface area contributed by atoms with Crippen LogP contribution in [-0.4, -0.2) is 30.0 Å². The van der Waals surface area contributed by atoms with Gasteiger partial charge in [0.25, 0.3) is 0 Å². The minimum atomic E-state index is -0.871. The van der Waals surface area contributed by atoms with Gasteiger partial charge in [-0.1, -0.05) is 36.4 Å². The first-order valence-electron chi connectivity index (χ1n) is 8.51. The van der Waals surface area contributed by atoms with E-state index in [9.17, 15) is 14.0 Å². The maximum Gasteiger partial charge on any atom is 0.328 e. The number of hydrogen-bond acceptors (Lipinski definition) is 4. The number of methoxy groups -OCH3 is 1.